The second kappa shape index (κ2) is 17.7. The molecular formula is C33H51F3N4O6. The van der Waals surface area contributed by atoms with Crippen molar-refractivity contribution in [2.75, 3.05) is 38.7 Å². The fourth-order valence-corrected chi connectivity index (χ4v) is 5.83. The third-order valence-corrected chi connectivity index (χ3v) is 8.70. The summed E-state index contributed by atoms with van der Waals surface area (Å²) in [6.45, 7) is 6.15. The number of hydrogen-bond donors (Lipinski definition) is 3. The van der Waals surface area contributed by atoms with Gasteiger partial charge in [0.1, 0.15) is 5.75 Å². The number of aliphatic hydroxyl groups excluding tert-OH is 1. The number of fused-ring (bicyclic) bond motifs is 1. The molecule has 4 atom stereocenters. The van der Waals surface area contributed by atoms with Crippen molar-refractivity contribution < 1.29 is 42.1 Å². The number of rotatable bonds is 8. The Labute approximate surface area is 270 Å². The Hall–Kier alpha value is -3.06. The molecule has 0 saturated heterocycles. The van der Waals surface area contributed by atoms with Crippen molar-refractivity contribution in [3.05, 3.63) is 23.8 Å². The van der Waals surface area contributed by atoms with Crippen LogP contribution in [0.4, 0.5) is 23.7 Å². The van der Waals surface area contributed by atoms with Crippen LogP contribution < -0.4 is 15.4 Å². The fraction of sp³-hybridized carbons (Fsp3) is 0.727. The van der Waals surface area contributed by atoms with E-state index in [0.29, 0.717) is 19.6 Å². The average molecular weight is 657 g/mol. The second-order valence-corrected chi connectivity index (χ2v) is 12.8. The van der Waals surface area contributed by atoms with Crippen molar-refractivity contribution in [3.8, 4) is 5.75 Å². The number of alkyl halides is 3. The summed E-state index contributed by atoms with van der Waals surface area (Å²) in [5.74, 6) is -1.27. The first-order valence-electron chi connectivity index (χ1n) is 16.5. The minimum Gasteiger partial charge on any atom is -0.490 e. The number of aliphatic hydroxyl groups is 1. The summed E-state index contributed by atoms with van der Waals surface area (Å²) in [6, 6.07) is 3.82. The number of carbonyl (C=O) groups is 3. The fourth-order valence-electron chi connectivity index (χ4n) is 5.83. The summed E-state index contributed by atoms with van der Waals surface area (Å²) in [5.41, 5.74) is 0.277. The van der Waals surface area contributed by atoms with E-state index in [-0.39, 0.29) is 54.2 Å². The molecule has 0 unspecified atom stereocenters. The smallest absolute Gasteiger partial charge is 0.389 e. The molecule has 13 heteroatoms. The van der Waals surface area contributed by atoms with Crippen LogP contribution in [0, 0.1) is 5.92 Å². The minimum absolute atomic E-state index is 0.117. The van der Waals surface area contributed by atoms with Gasteiger partial charge in [0.25, 0.3) is 5.91 Å². The van der Waals surface area contributed by atoms with Gasteiger partial charge in [0, 0.05) is 50.8 Å². The highest BCUT2D eigenvalue weighted by Crippen LogP contribution is 2.29. The van der Waals surface area contributed by atoms with Crippen LogP contribution in [0.2, 0.25) is 0 Å². The molecule has 1 aliphatic carbocycles. The van der Waals surface area contributed by atoms with Gasteiger partial charge in [0.15, 0.2) is 0 Å². The molecule has 1 aliphatic heterocycles. The molecule has 1 aromatic carbocycles. The van der Waals surface area contributed by atoms with Crippen molar-refractivity contribution in [2.24, 2.45) is 5.92 Å². The van der Waals surface area contributed by atoms with Crippen molar-refractivity contribution in [1.29, 1.82) is 0 Å². The molecule has 1 saturated carbocycles. The van der Waals surface area contributed by atoms with E-state index in [0.717, 1.165) is 38.5 Å². The van der Waals surface area contributed by atoms with Gasteiger partial charge >= 0.3 is 12.2 Å². The van der Waals surface area contributed by atoms with Gasteiger partial charge in [0.05, 0.1) is 36.8 Å². The third-order valence-electron chi connectivity index (χ3n) is 8.70. The lowest BCUT2D eigenvalue weighted by Crippen LogP contribution is -2.50. The molecule has 0 aromatic heterocycles. The Morgan fingerprint density at radius 2 is 1.80 bits per heavy atom. The number of anilines is 1. The zero-order valence-electron chi connectivity index (χ0n) is 27.5. The largest absolute Gasteiger partial charge is 0.490 e. The van der Waals surface area contributed by atoms with Crippen molar-refractivity contribution >= 4 is 23.5 Å². The van der Waals surface area contributed by atoms with E-state index < -0.39 is 43.0 Å². The number of hydrogen-bond acceptors (Lipinski definition) is 6. The van der Waals surface area contributed by atoms with E-state index in [9.17, 15) is 32.7 Å². The maximum absolute atomic E-state index is 14.2. The monoisotopic (exact) mass is 656 g/mol. The number of nitrogens with one attached hydrogen (secondary N) is 2. The summed E-state index contributed by atoms with van der Waals surface area (Å²) >= 11 is 0. The molecule has 3 rings (SSSR count). The summed E-state index contributed by atoms with van der Waals surface area (Å²) < 4.78 is 50.5. The molecular weight excluding hydrogens is 605 g/mol. The third kappa shape index (κ3) is 11.9. The van der Waals surface area contributed by atoms with Gasteiger partial charge in [-0.15, -0.1) is 0 Å². The van der Waals surface area contributed by atoms with Crippen LogP contribution in [0.5, 0.6) is 5.75 Å². The number of halogens is 3. The Kier molecular flexibility index (Phi) is 14.4. The van der Waals surface area contributed by atoms with Crippen molar-refractivity contribution in [1.82, 2.24) is 15.1 Å². The highest BCUT2D eigenvalue weighted by atomic mass is 19.4. The number of carbonyl (C=O) groups excluding carboxylic acids is 3. The van der Waals surface area contributed by atoms with Crippen LogP contribution in [-0.2, 0) is 9.53 Å². The van der Waals surface area contributed by atoms with Gasteiger partial charge in [0.2, 0.25) is 5.91 Å². The molecule has 1 fully saturated rings. The predicted octanol–water partition coefficient (Wildman–Crippen LogP) is 5.74. The van der Waals surface area contributed by atoms with Gasteiger partial charge in [-0.05, 0) is 64.2 Å². The van der Waals surface area contributed by atoms with Gasteiger partial charge in [-0.1, -0.05) is 26.2 Å². The Balaban J connectivity index is 1.85. The first kappa shape index (κ1) is 37.4. The van der Waals surface area contributed by atoms with E-state index in [1.165, 1.54) is 29.5 Å². The first-order chi connectivity index (χ1) is 21.8. The van der Waals surface area contributed by atoms with E-state index in [1.54, 1.807) is 18.9 Å². The Morgan fingerprint density at radius 1 is 1.11 bits per heavy atom. The molecule has 1 heterocycles. The molecule has 46 heavy (non-hydrogen) atoms. The van der Waals surface area contributed by atoms with E-state index >= 15 is 0 Å². The van der Waals surface area contributed by atoms with E-state index in [1.807, 2.05) is 13.8 Å². The van der Waals surface area contributed by atoms with E-state index in [2.05, 4.69) is 10.6 Å². The van der Waals surface area contributed by atoms with Crippen molar-refractivity contribution in [2.45, 2.75) is 115 Å². The molecule has 10 nitrogen and oxygen atoms in total. The zero-order chi connectivity index (χ0) is 33.9. The molecule has 2 aliphatic rings. The first-order valence-corrected chi connectivity index (χ1v) is 16.5. The molecule has 4 amide bonds. The van der Waals surface area contributed by atoms with Crippen molar-refractivity contribution in [3.63, 3.8) is 0 Å². The summed E-state index contributed by atoms with van der Waals surface area (Å²) in [7, 11) is 1.73. The maximum Gasteiger partial charge on any atom is 0.389 e. The topological polar surface area (TPSA) is 120 Å². The molecule has 0 bridgehead atoms. The number of benzene rings is 1. The lowest BCUT2D eigenvalue weighted by molar-refractivity contribution is -0.142. The summed E-state index contributed by atoms with van der Waals surface area (Å²) in [5, 5.41) is 15.7. The maximum atomic E-state index is 14.2. The standard InChI is InChI=1S/C33H51F3N4O6/c1-22-19-40(23(2)21-41)31(43)27-18-26(37-30(42)15-16-33(34,35)36)13-14-28(27)46-24(3)10-8-9-17-45-29(22)20-39(4)32(44)38-25-11-6-5-7-12-25/h13-14,18,22-25,29,41H,5-12,15-17,19-21H2,1-4H3,(H,37,42)(H,38,44)/t22-,23+,24-,29+/m0/s1. The molecule has 3 N–H and O–H groups in total. The lowest BCUT2D eigenvalue weighted by Gasteiger charge is -2.36. The highest BCUT2D eigenvalue weighted by Gasteiger charge is 2.32. The van der Waals surface area contributed by atoms with Crippen LogP contribution in [0.15, 0.2) is 18.2 Å². The summed E-state index contributed by atoms with van der Waals surface area (Å²) in [6.07, 6.45) is 0.402. The SMILES string of the molecule is C[C@H](CO)N1C[C@H](C)[C@@H](CN(C)C(=O)NC2CCCCC2)OCCCC[C@H](C)Oc2ccc(NC(=O)CCC(F)(F)F)cc2C1=O. The van der Waals surface area contributed by atoms with E-state index in [4.69, 9.17) is 9.47 Å². The van der Waals surface area contributed by atoms with Gasteiger partial charge in [-0.25, -0.2) is 4.79 Å². The van der Waals surface area contributed by atoms with Crippen LogP contribution in [0.3, 0.4) is 0 Å². The number of ether oxygens (including phenoxy) is 2. The molecule has 1 aromatic rings. The lowest BCUT2D eigenvalue weighted by atomic mass is 9.96. The molecule has 0 radical (unpaired) electrons. The zero-order valence-corrected chi connectivity index (χ0v) is 27.5. The van der Waals surface area contributed by atoms with Crippen LogP contribution >= 0.6 is 0 Å². The Morgan fingerprint density at radius 3 is 2.48 bits per heavy atom. The molecule has 0 spiro atoms. The van der Waals surface area contributed by atoms with Crippen LogP contribution in [-0.4, -0.2) is 96.6 Å². The quantitative estimate of drug-likeness (QED) is 0.329. The van der Waals surface area contributed by atoms with Crippen LogP contribution in [0.1, 0.15) is 95.3 Å². The van der Waals surface area contributed by atoms with Crippen LogP contribution in [0.25, 0.3) is 0 Å². The predicted molar refractivity (Wildman–Crippen MR) is 169 cm³/mol. The number of nitrogens with zero attached hydrogens (tertiary/aromatic N) is 2. The second-order valence-electron chi connectivity index (χ2n) is 12.8. The summed E-state index contributed by atoms with van der Waals surface area (Å²) in [4.78, 5) is 42.6. The highest BCUT2D eigenvalue weighted by molar-refractivity contribution is 5.99. The van der Waals surface area contributed by atoms with Gasteiger partial charge in [-0.3, -0.25) is 9.59 Å². The number of likely N-dealkylation sites (N-methyl/N-ethyl adjacent to an activating group) is 1. The van der Waals surface area contributed by atoms with Gasteiger partial charge in [-0.2, -0.15) is 13.2 Å². The van der Waals surface area contributed by atoms with Gasteiger partial charge < -0.3 is 35.0 Å². The average Bonchev–Trinajstić information content (AvgIpc) is 3.01. The minimum atomic E-state index is -4.47. The Bertz CT molecular complexity index is 1150. The normalized spacial score (nSPS) is 23.0. The number of amides is 4. The number of urea groups is 1. The molecule has 260 valence electrons.